The van der Waals surface area contributed by atoms with Crippen LogP contribution >= 0.6 is 0 Å². The van der Waals surface area contributed by atoms with Crippen molar-refractivity contribution in [3.05, 3.63) is 53.2 Å². The topological polar surface area (TPSA) is 85.8 Å². The highest BCUT2D eigenvalue weighted by atomic mass is 16.5. The van der Waals surface area contributed by atoms with E-state index < -0.39 is 0 Å². The van der Waals surface area contributed by atoms with E-state index in [1.165, 1.54) is 5.56 Å². The van der Waals surface area contributed by atoms with Gasteiger partial charge in [-0.15, -0.1) is 0 Å². The number of amides is 1. The maximum absolute atomic E-state index is 12.4. The van der Waals surface area contributed by atoms with Crippen molar-refractivity contribution < 1.29 is 9.32 Å². The van der Waals surface area contributed by atoms with E-state index in [9.17, 15) is 4.79 Å². The van der Waals surface area contributed by atoms with E-state index in [1.54, 1.807) is 24.1 Å². The monoisotopic (exact) mass is 351 g/mol. The minimum Gasteiger partial charge on any atom is -0.345 e. The Bertz CT molecular complexity index is 957. The van der Waals surface area contributed by atoms with Crippen molar-refractivity contribution >= 4 is 5.91 Å². The molecule has 2 aromatic heterocycles. The lowest BCUT2D eigenvalue weighted by Gasteiger charge is -2.13. The molecular weight excluding hydrogens is 330 g/mol. The first-order valence-electron chi connectivity index (χ1n) is 8.77. The molecule has 3 aromatic rings. The Morgan fingerprint density at radius 1 is 1.38 bits per heavy atom. The predicted octanol–water partition coefficient (Wildman–Crippen LogP) is 3.01. The SMILES string of the molecule is CC(C)c1nc(-c2ccc3c(c2)CCC3NC(=O)c2cnn(C)c2)no1. The largest absolute Gasteiger partial charge is 0.345 e. The van der Waals surface area contributed by atoms with Gasteiger partial charge in [-0.1, -0.05) is 31.1 Å². The van der Waals surface area contributed by atoms with Crippen molar-refractivity contribution in [3.63, 3.8) is 0 Å². The van der Waals surface area contributed by atoms with Gasteiger partial charge in [-0.05, 0) is 30.0 Å². The third kappa shape index (κ3) is 3.00. The number of benzene rings is 1. The average Bonchev–Trinajstić information content (AvgIpc) is 3.34. The summed E-state index contributed by atoms with van der Waals surface area (Å²) in [4.78, 5) is 16.8. The van der Waals surface area contributed by atoms with Gasteiger partial charge in [-0.3, -0.25) is 9.48 Å². The van der Waals surface area contributed by atoms with Crippen LogP contribution in [0.1, 0.15) is 59.6 Å². The third-order valence-electron chi connectivity index (χ3n) is 4.69. The zero-order valence-electron chi connectivity index (χ0n) is 15.1. The molecule has 7 nitrogen and oxygen atoms in total. The highest BCUT2D eigenvalue weighted by molar-refractivity contribution is 5.94. The van der Waals surface area contributed by atoms with Crippen LogP contribution in [0.2, 0.25) is 0 Å². The van der Waals surface area contributed by atoms with Crippen LogP contribution < -0.4 is 5.32 Å². The van der Waals surface area contributed by atoms with Gasteiger partial charge in [0.15, 0.2) is 0 Å². The van der Waals surface area contributed by atoms with Crippen LogP contribution in [0, 0.1) is 0 Å². The Balaban J connectivity index is 1.53. The van der Waals surface area contributed by atoms with Gasteiger partial charge in [0.1, 0.15) is 0 Å². The predicted molar refractivity (Wildman–Crippen MR) is 95.6 cm³/mol. The van der Waals surface area contributed by atoms with E-state index in [1.807, 2.05) is 19.9 Å². The molecule has 1 aliphatic carbocycles. The minimum atomic E-state index is -0.0974. The molecule has 0 saturated heterocycles. The van der Waals surface area contributed by atoms with Gasteiger partial charge in [0.2, 0.25) is 11.7 Å². The van der Waals surface area contributed by atoms with E-state index in [0.717, 1.165) is 24.0 Å². The van der Waals surface area contributed by atoms with Gasteiger partial charge in [-0.2, -0.15) is 10.1 Å². The number of nitrogens with zero attached hydrogens (tertiary/aromatic N) is 4. The molecule has 0 spiro atoms. The fraction of sp³-hybridized carbons (Fsp3) is 0.368. The molecule has 0 radical (unpaired) electrons. The number of aryl methyl sites for hydroxylation is 2. The van der Waals surface area contributed by atoms with Gasteiger partial charge in [0.05, 0.1) is 17.8 Å². The first-order chi connectivity index (χ1) is 12.5. The fourth-order valence-electron chi connectivity index (χ4n) is 3.27. The summed E-state index contributed by atoms with van der Waals surface area (Å²) in [6.07, 6.45) is 5.10. The Labute approximate surface area is 151 Å². The van der Waals surface area contributed by atoms with Gasteiger partial charge < -0.3 is 9.84 Å². The smallest absolute Gasteiger partial charge is 0.254 e. The molecule has 0 fully saturated rings. The summed E-state index contributed by atoms with van der Waals surface area (Å²) in [5, 5.41) is 11.2. The van der Waals surface area contributed by atoms with Crippen LogP contribution in [-0.2, 0) is 13.5 Å². The molecule has 1 unspecified atom stereocenters. The lowest BCUT2D eigenvalue weighted by Crippen LogP contribution is -2.26. The van der Waals surface area contributed by atoms with Crippen molar-refractivity contribution in [2.45, 2.75) is 38.6 Å². The number of nitrogens with one attached hydrogen (secondary N) is 1. The van der Waals surface area contributed by atoms with Crippen LogP contribution in [0.25, 0.3) is 11.4 Å². The third-order valence-corrected chi connectivity index (χ3v) is 4.69. The summed E-state index contributed by atoms with van der Waals surface area (Å²) in [7, 11) is 1.80. The summed E-state index contributed by atoms with van der Waals surface area (Å²) in [6.45, 7) is 4.05. The highest BCUT2D eigenvalue weighted by Crippen LogP contribution is 2.34. The zero-order chi connectivity index (χ0) is 18.3. The number of rotatable bonds is 4. The Kier molecular flexibility index (Phi) is 4.06. The molecule has 1 aliphatic rings. The van der Waals surface area contributed by atoms with Gasteiger partial charge in [-0.25, -0.2) is 0 Å². The maximum atomic E-state index is 12.4. The number of hydrogen-bond acceptors (Lipinski definition) is 5. The molecule has 1 N–H and O–H groups in total. The zero-order valence-corrected chi connectivity index (χ0v) is 15.1. The number of fused-ring (bicyclic) bond motifs is 1. The molecule has 0 bridgehead atoms. The average molecular weight is 351 g/mol. The van der Waals surface area contributed by atoms with Gasteiger partial charge in [0, 0.05) is 24.7 Å². The second-order valence-corrected chi connectivity index (χ2v) is 6.99. The normalized spacial score (nSPS) is 16.1. The highest BCUT2D eigenvalue weighted by Gasteiger charge is 2.25. The fourth-order valence-corrected chi connectivity index (χ4v) is 3.27. The molecule has 1 aromatic carbocycles. The summed E-state index contributed by atoms with van der Waals surface area (Å²) in [5.74, 6) is 1.36. The van der Waals surface area contributed by atoms with E-state index in [-0.39, 0.29) is 17.9 Å². The molecule has 1 amide bonds. The summed E-state index contributed by atoms with van der Waals surface area (Å²) in [6, 6.07) is 6.16. The van der Waals surface area contributed by atoms with Gasteiger partial charge >= 0.3 is 0 Å². The van der Waals surface area contributed by atoms with Crippen LogP contribution in [0.15, 0.2) is 35.1 Å². The molecule has 2 heterocycles. The lowest BCUT2D eigenvalue weighted by atomic mass is 10.0. The molecule has 7 heteroatoms. The minimum absolute atomic E-state index is 0.0169. The summed E-state index contributed by atoms with van der Waals surface area (Å²) >= 11 is 0. The van der Waals surface area contributed by atoms with Crippen molar-refractivity contribution in [2.24, 2.45) is 7.05 Å². The quantitative estimate of drug-likeness (QED) is 0.781. The van der Waals surface area contributed by atoms with Crippen LogP contribution in [0.4, 0.5) is 0 Å². The number of aromatic nitrogens is 4. The van der Waals surface area contributed by atoms with Crippen LogP contribution in [-0.4, -0.2) is 25.8 Å². The van der Waals surface area contributed by atoms with E-state index in [2.05, 4.69) is 32.7 Å². The molecule has 26 heavy (non-hydrogen) atoms. The van der Waals surface area contributed by atoms with Crippen molar-refractivity contribution in [1.29, 1.82) is 0 Å². The molecule has 0 saturated carbocycles. The first-order valence-corrected chi connectivity index (χ1v) is 8.77. The van der Waals surface area contributed by atoms with E-state index in [0.29, 0.717) is 17.3 Å². The Morgan fingerprint density at radius 2 is 2.23 bits per heavy atom. The van der Waals surface area contributed by atoms with Crippen molar-refractivity contribution in [3.8, 4) is 11.4 Å². The van der Waals surface area contributed by atoms with Crippen LogP contribution in [0.5, 0.6) is 0 Å². The molecular formula is C19H21N5O2. The van der Waals surface area contributed by atoms with Crippen molar-refractivity contribution in [1.82, 2.24) is 25.2 Å². The molecule has 1 atom stereocenters. The first kappa shape index (κ1) is 16.5. The lowest BCUT2D eigenvalue weighted by molar-refractivity contribution is 0.0936. The molecule has 134 valence electrons. The summed E-state index contributed by atoms with van der Waals surface area (Å²) < 4.78 is 6.92. The number of hydrogen-bond donors (Lipinski definition) is 1. The maximum Gasteiger partial charge on any atom is 0.254 e. The molecule has 4 rings (SSSR count). The molecule has 0 aliphatic heterocycles. The number of carbonyl (C=O) groups excluding carboxylic acids is 1. The van der Waals surface area contributed by atoms with E-state index >= 15 is 0 Å². The second kappa shape index (κ2) is 6.40. The van der Waals surface area contributed by atoms with Crippen LogP contribution in [0.3, 0.4) is 0 Å². The van der Waals surface area contributed by atoms with Crippen molar-refractivity contribution in [2.75, 3.05) is 0 Å². The standard InChI is InChI=1S/C19H21N5O2/c1-11(2)19-22-17(23-26-19)13-4-6-15-12(8-13)5-7-16(15)21-18(25)14-9-20-24(3)10-14/h4,6,8-11,16H,5,7H2,1-3H3,(H,21,25). The summed E-state index contributed by atoms with van der Waals surface area (Å²) in [5.41, 5.74) is 3.89. The van der Waals surface area contributed by atoms with E-state index in [4.69, 9.17) is 4.52 Å². The second-order valence-electron chi connectivity index (χ2n) is 6.99. The van der Waals surface area contributed by atoms with Gasteiger partial charge in [0.25, 0.3) is 5.91 Å². The Hall–Kier alpha value is -2.96. The number of carbonyl (C=O) groups is 1. The Morgan fingerprint density at radius 3 is 2.92 bits per heavy atom.